The third-order valence-corrected chi connectivity index (χ3v) is 4.27. The van der Waals surface area contributed by atoms with Gasteiger partial charge in [0, 0.05) is 22.9 Å². The van der Waals surface area contributed by atoms with E-state index >= 15 is 0 Å². The van der Waals surface area contributed by atoms with Gasteiger partial charge < -0.3 is 10.2 Å². The van der Waals surface area contributed by atoms with Crippen LogP contribution >= 0.6 is 11.6 Å². The summed E-state index contributed by atoms with van der Waals surface area (Å²) >= 11 is 6.18. The van der Waals surface area contributed by atoms with Crippen LogP contribution in [-0.2, 0) is 0 Å². The predicted octanol–water partition coefficient (Wildman–Crippen LogP) is 5.04. The summed E-state index contributed by atoms with van der Waals surface area (Å²) in [5.74, 6) is 1.17. The highest BCUT2D eigenvalue weighted by Crippen LogP contribution is 2.25. The molecule has 0 aliphatic carbocycles. The van der Waals surface area contributed by atoms with E-state index in [1.165, 1.54) is 5.56 Å². The normalized spacial score (nSPS) is 10.6. The molecule has 3 rings (SSSR count). The molecule has 3 aromatic rings. The topological polar surface area (TPSA) is 53.9 Å². The summed E-state index contributed by atoms with van der Waals surface area (Å²) in [5, 5.41) is 12.2. The average Bonchev–Trinajstić information content (AvgIpc) is 2.59. The van der Waals surface area contributed by atoms with E-state index in [2.05, 4.69) is 46.5 Å². The van der Waals surface area contributed by atoms with Gasteiger partial charge in [-0.25, -0.2) is 0 Å². The van der Waals surface area contributed by atoms with E-state index in [-0.39, 0.29) is 0 Å². The number of aromatic nitrogens is 3. The summed E-state index contributed by atoms with van der Waals surface area (Å²) in [6.45, 7) is 6.84. The molecule has 6 heteroatoms. The smallest absolute Gasteiger partial charge is 0.251 e. The predicted molar refractivity (Wildman–Crippen MR) is 103 cm³/mol. The molecule has 1 N–H and O–H groups in total. The van der Waals surface area contributed by atoms with E-state index in [1.807, 2.05) is 42.2 Å². The summed E-state index contributed by atoms with van der Waals surface area (Å²) < 4.78 is 0. The van der Waals surface area contributed by atoms with Crippen LogP contribution in [0.25, 0.3) is 0 Å². The Kier molecular flexibility index (Phi) is 5.14. The Morgan fingerprint density at radius 3 is 2.68 bits per heavy atom. The van der Waals surface area contributed by atoms with Gasteiger partial charge in [-0.15, -0.1) is 5.10 Å². The molecule has 0 atom stereocenters. The highest BCUT2D eigenvalue weighted by atomic mass is 35.5. The number of aryl methyl sites for hydroxylation is 2. The van der Waals surface area contributed by atoms with Crippen LogP contribution in [0, 0.1) is 13.8 Å². The maximum absolute atomic E-state index is 6.18. The zero-order valence-electron chi connectivity index (χ0n) is 14.5. The second-order valence-corrected chi connectivity index (χ2v) is 6.22. The monoisotopic (exact) mass is 353 g/mol. The number of hydrogen-bond acceptors (Lipinski definition) is 5. The van der Waals surface area contributed by atoms with Gasteiger partial charge in [0.05, 0.1) is 6.20 Å². The molecule has 128 valence electrons. The quantitative estimate of drug-likeness (QED) is 0.696. The van der Waals surface area contributed by atoms with E-state index in [0.717, 1.165) is 23.5 Å². The third-order valence-electron chi connectivity index (χ3n) is 3.86. The zero-order chi connectivity index (χ0) is 17.8. The summed E-state index contributed by atoms with van der Waals surface area (Å²) in [6.07, 6.45) is 1.60. The van der Waals surface area contributed by atoms with Crippen molar-refractivity contribution in [3.63, 3.8) is 0 Å². The van der Waals surface area contributed by atoms with E-state index in [4.69, 9.17) is 11.6 Å². The van der Waals surface area contributed by atoms with Crippen molar-refractivity contribution in [3.05, 3.63) is 64.8 Å². The number of nitrogens with one attached hydrogen (secondary N) is 1. The summed E-state index contributed by atoms with van der Waals surface area (Å²) in [4.78, 5) is 6.62. The molecular formula is C19H20ClN5. The average molecular weight is 354 g/mol. The fraction of sp³-hybridized carbons (Fsp3) is 0.211. The molecule has 5 nitrogen and oxygen atoms in total. The largest absolute Gasteiger partial charge is 0.339 e. The summed E-state index contributed by atoms with van der Waals surface area (Å²) in [6, 6.07) is 14.0. The molecule has 0 aliphatic heterocycles. The molecule has 0 spiro atoms. The summed E-state index contributed by atoms with van der Waals surface area (Å²) in [7, 11) is 0. The Balaban J connectivity index is 1.88. The molecule has 0 aliphatic rings. The number of halogens is 1. The molecule has 0 saturated heterocycles. The Morgan fingerprint density at radius 2 is 1.96 bits per heavy atom. The van der Waals surface area contributed by atoms with Gasteiger partial charge in [-0.3, -0.25) is 0 Å². The van der Waals surface area contributed by atoms with Gasteiger partial charge in [-0.1, -0.05) is 29.8 Å². The minimum atomic E-state index is 0.552. The standard InChI is InChI=1S/C19H20ClN5/c1-4-25(16-7-5-6-13(2)10-16)19-23-18(12-21-24-19)22-15-9-8-14(3)17(20)11-15/h5-12H,4H2,1-3H3,(H,22,23,24). The Labute approximate surface area is 152 Å². The van der Waals surface area contributed by atoms with E-state index in [9.17, 15) is 0 Å². The second kappa shape index (κ2) is 7.49. The number of rotatable bonds is 5. The molecule has 0 bridgehead atoms. The first kappa shape index (κ1) is 17.2. The van der Waals surface area contributed by atoms with Gasteiger partial charge in [-0.05, 0) is 56.2 Å². The zero-order valence-corrected chi connectivity index (χ0v) is 15.2. The van der Waals surface area contributed by atoms with Gasteiger partial charge in [0.15, 0.2) is 5.82 Å². The molecule has 0 fully saturated rings. The van der Waals surface area contributed by atoms with Crippen LogP contribution < -0.4 is 10.2 Å². The van der Waals surface area contributed by atoms with Crippen LogP contribution in [0.15, 0.2) is 48.7 Å². The molecule has 0 saturated carbocycles. The van der Waals surface area contributed by atoms with Crippen molar-refractivity contribution in [2.24, 2.45) is 0 Å². The third kappa shape index (κ3) is 4.06. The molecule has 1 aromatic heterocycles. The van der Waals surface area contributed by atoms with E-state index in [1.54, 1.807) is 6.20 Å². The molecule has 0 unspecified atom stereocenters. The van der Waals surface area contributed by atoms with Crippen molar-refractivity contribution in [2.75, 3.05) is 16.8 Å². The van der Waals surface area contributed by atoms with Crippen molar-refractivity contribution in [1.29, 1.82) is 0 Å². The van der Waals surface area contributed by atoms with Crippen molar-refractivity contribution >= 4 is 34.7 Å². The summed E-state index contributed by atoms with van der Waals surface area (Å²) in [5.41, 5.74) is 4.12. The maximum atomic E-state index is 6.18. The highest BCUT2D eigenvalue weighted by Gasteiger charge is 2.12. The lowest BCUT2D eigenvalue weighted by Gasteiger charge is -2.21. The van der Waals surface area contributed by atoms with E-state index < -0.39 is 0 Å². The molecular weight excluding hydrogens is 334 g/mol. The number of hydrogen-bond donors (Lipinski definition) is 1. The van der Waals surface area contributed by atoms with Crippen LogP contribution in [0.1, 0.15) is 18.1 Å². The lowest BCUT2D eigenvalue weighted by Crippen LogP contribution is -2.19. The fourth-order valence-corrected chi connectivity index (χ4v) is 2.70. The lowest BCUT2D eigenvalue weighted by atomic mass is 10.2. The highest BCUT2D eigenvalue weighted by molar-refractivity contribution is 6.31. The minimum absolute atomic E-state index is 0.552. The SMILES string of the molecule is CCN(c1cccc(C)c1)c1nncc(Nc2ccc(C)c(Cl)c2)n1. The molecule has 0 amide bonds. The van der Waals surface area contributed by atoms with Crippen LogP contribution in [0.5, 0.6) is 0 Å². The Morgan fingerprint density at radius 1 is 1.12 bits per heavy atom. The van der Waals surface area contributed by atoms with Gasteiger partial charge >= 0.3 is 0 Å². The molecule has 1 heterocycles. The van der Waals surface area contributed by atoms with Crippen molar-refractivity contribution in [1.82, 2.24) is 15.2 Å². The van der Waals surface area contributed by atoms with Crippen molar-refractivity contribution in [3.8, 4) is 0 Å². The lowest BCUT2D eigenvalue weighted by molar-refractivity contribution is 0.886. The second-order valence-electron chi connectivity index (χ2n) is 5.81. The molecule has 2 aromatic carbocycles. The number of nitrogens with zero attached hydrogens (tertiary/aromatic N) is 4. The maximum Gasteiger partial charge on any atom is 0.251 e. The van der Waals surface area contributed by atoms with Crippen LogP contribution in [0.2, 0.25) is 5.02 Å². The van der Waals surface area contributed by atoms with Gasteiger partial charge in [0.1, 0.15) is 0 Å². The number of anilines is 4. The number of benzene rings is 2. The minimum Gasteiger partial charge on any atom is -0.339 e. The Hall–Kier alpha value is -2.66. The van der Waals surface area contributed by atoms with Crippen LogP contribution in [0.3, 0.4) is 0 Å². The van der Waals surface area contributed by atoms with Gasteiger partial charge in [0.25, 0.3) is 5.95 Å². The first-order valence-electron chi connectivity index (χ1n) is 8.14. The van der Waals surface area contributed by atoms with Crippen molar-refractivity contribution < 1.29 is 0 Å². The van der Waals surface area contributed by atoms with Crippen LogP contribution in [-0.4, -0.2) is 21.7 Å². The van der Waals surface area contributed by atoms with Crippen molar-refractivity contribution in [2.45, 2.75) is 20.8 Å². The fourth-order valence-electron chi connectivity index (χ4n) is 2.52. The van der Waals surface area contributed by atoms with Crippen LogP contribution in [0.4, 0.5) is 23.1 Å². The Bertz CT molecular complexity index is 881. The molecule has 0 radical (unpaired) electrons. The van der Waals surface area contributed by atoms with Gasteiger partial charge in [-0.2, -0.15) is 10.1 Å². The molecule has 25 heavy (non-hydrogen) atoms. The first-order chi connectivity index (χ1) is 12.1. The first-order valence-corrected chi connectivity index (χ1v) is 8.51. The van der Waals surface area contributed by atoms with Gasteiger partial charge in [0.2, 0.25) is 0 Å². The van der Waals surface area contributed by atoms with E-state index in [0.29, 0.717) is 16.8 Å².